The number of carbonyl (C=O) groups is 2. The predicted octanol–water partition coefficient (Wildman–Crippen LogP) is 0.0881. The van der Waals surface area contributed by atoms with Crippen LogP contribution in [0, 0.1) is 0 Å². The molecule has 1 aliphatic rings. The fourth-order valence-electron chi connectivity index (χ4n) is 1.33. The highest BCUT2D eigenvalue weighted by atomic mass is 35.5. The van der Waals surface area contributed by atoms with Crippen LogP contribution < -0.4 is 5.32 Å². The van der Waals surface area contributed by atoms with Crippen LogP contribution in [-0.2, 0) is 9.59 Å². The largest absolute Gasteiger partial charge is 0.480 e. The zero-order valence-corrected chi connectivity index (χ0v) is 7.71. The number of carboxylic acids is 2. The third-order valence-electron chi connectivity index (χ3n) is 1.98. The van der Waals surface area contributed by atoms with Gasteiger partial charge in [-0.3, -0.25) is 14.9 Å². The molecule has 13 heavy (non-hydrogen) atoms. The van der Waals surface area contributed by atoms with Crippen LogP contribution in [0.1, 0.15) is 19.3 Å². The molecule has 0 aliphatic carbocycles. The zero-order valence-electron chi connectivity index (χ0n) is 6.90. The maximum absolute atomic E-state index is 10.5. The first-order valence-electron chi connectivity index (χ1n) is 3.83. The normalized spacial score (nSPS) is 27.4. The Bertz CT molecular complexity index is 189. The van der Waals surface area contributed by atoms with Gasteiger partial charge >= 0.3 is 11.9 Å². The lowest BCUT2D eigenvalue weighted by atomic mass is 9.99. The number of rotatable bonds is 2. The van der Waals surface area contributed by atoms with E-state index in [4.69, 9.17) is 10.2 Å². The summed E-state index contributed by atoms with van der Waals surface area (Å²) in [5, 5.41) is 19.7. The van der Waals surface area contributed by atoms with E-state index in [-0.39, 0.29) is 12.4 Å². The maximum Gasteiger partial charge on any atom is 0.320 e. The molecule has 2 atom stereocenters. The molecule has 2 unspecified atom stereocenters. The van der Waals surface area contributed by atoms with Gasteiger partial charge in [0.25, 0.3) is 0 Å². The summed E-state index contributed by atoms with van der Waals surface area (Å²) < 4.78 is 0. The Morgan fingerprint density at radius 3 is 1.77 bits per heavy atom. The van der Waals surface area contributed by atoms with Crippen LogP contribution in [0.2, 0.25) is 0 Å². The van der Waals surface area contributed by atoms with Crippen molar-refractivity contribution in [2.75, 3.05) is 0 Å². The Kier molecular flexibility index (Phi) is 4.72. The number of carboxylic acid groups (broad SMARTS) is 2. The van der Waals surface area contributed by atoms with Crippen molar-refractivity contribution in [3.8, 4) is 0 Å². The van der Waals surface area contributed by atoms with E-state index < -0.39 is 24.0 Å². The average molecular weight is 210 g/mol. The summed E-state index contributed by atoms with van der Waals surface area (Å²) in [6.45, 7) is 0. The van der Waals surface area contributed by atoms with E-state index in [9.17, 15) is 9.59 Å². The molecule has 1 fully saturated rings. The number of nitrogens with one attached hydrogen (secondary N) is 1. The Labute approximate surface area is 81.5 Å². The summed E-state index contributed by atoms with van der Waals surface area (Å²) in [6, 6.07) is -1.39. The highest BCUT2D eigenvalue weighted by molar-refractivity contribution is 5.85. The summed E-state index contributed by atoms with van der Waals surface area (Å²) in [7, 11) is 0. The molecule has 1 aliphatic heterocycles. The van der Waals surface area contributed by atoms with Crippen LogP contribution in [-0.4, -0.2) is 34.2 Å². The lowest BCUT2D eigenvalue weighted by molar-refractivity contribution is -0.144. The molecule has 0 amide bonds. The molecule has 6 heteroatoms. The fraction of sp³-hybridized carbons (Fsp3) is 0.714. The van der Waals surface area contributed by atoms with E-state index in [0.29, 0.717) is 19.3 Å². The Balaban J connectivity index is 0.00000144. The van der Waals surface area contributed by atoms with E-state index in [2.05, 4.69) is 5.32 Å². The van der Waals surface area contributed by atoms with E-state index >= 15 is 0 Å². The van der Waals surface area contributed by atoms with Crippen LogP contribution >= 0.6 is 12.4 Å². The summed E-state index contributed by atoms with van der Waals surface area (Å²) >= 11 is 0. The molecule has 0 spiro atoms. The van der Waals surface area contributed by atoms with Gasteiger partial charge in [-0.15, -0.1) is 12.4 Å². The molecule has 5 nitrogen and oxygen atoms in total. The number of hydrogen-bond donors (Lipinski definition) is 3. The molecule has 0 aromatic carbocycles. The van der Waals surface area contributed by atoms with Gasteiger partial charge in [-0.2, -0.15) is 0 Å². The second-order valence-electron chi connectivity index (χ2n) is 2.88. The number of hydrogen-bond acceptors (Lipinski definition) is 3. The van der Waals surface area contributed by atoms with Crippen molar-refractivity contribution in [3.63, 3.8) is 0 Å². The first kappa shape index (κ1) is 12.2. The number of aliphatic carboxylic acids is 2. The predicted molar refractivity (Wildman–Crippen MR) is 47.1 cm³/mol. The highest BCUT2D eigenvalue weighted by Crippen LogP contribution is 2.12. The summed E-state index contributed by atoms with van der Waals surface area (Å²) in [5.41, 5.74) is 0. The molecular formula is C7H12ClNO4. The molecule has 0 radical (unpaired) electrons. The average Bonchev–Trinajstić information content (AvgIpc) is 2.04. The summed E-state index contributed by atoms with van der Waals surface area (Å²) in [5.74, 6) is -1.94. The molecule has 1 rings (SSSR count). The number of piperidine rings is 1. The van der Waals surface area contributed by atoms with Gasteiger partial charge in [-0.25, -0.2) is 0 Å². The fourth-order valence-corrected chi connectivity index (χ4v) is 1.33. The van der Waals surface area contributed by atoms with Crippen molar-refractivity contribution >= 4 is 24.3 Å². The Hall–Kier alpha value is -0.810. The van der Waals surface area contributed by atoms with Crippen LogP contribution in [0.25, 0.3) is 0 Å². The molecule has 0 aromatic rings. The van der Waals surface area contributed by atoms with Crippen molar-refractivity contribution < 1.29 is 19.8 Å². The van der Waals surface area contributed by atoms with Crippen molar-refractivity contribution in [2.45, 2.75) is 31.3 Å². The first-order chi connectivity index (χ1) is 5.61. The van der Waals surface area contributed by atoms with E-state index in [0.717, 1.165) is 0 Å². The van der Waals surface area contributed by atoms with E-state index in [1.807, 2.05) is 0 Å². The second kappa shape index (κ2) is 5.04. The van der Waals surface area contributed by atoms with Crippen molar-refractivity contribution in [3.05, 3.63) is 0 Å². The minimum Gasteiger partial charge on any atom is -0.480 e. The van der Waals surface area contributed by atoms with Gasteiger partial charge in [0.2, 0.25) is 0 Å². The SMILES string of the molecule is Cl.O=C(O)C1CCCC(C(=O)O)N1. The second-order valence-corrected chi connectivity index (χ2v) is 2.88. The van der Waals surface area contributed by atoms with Crippen molar-refractivity contribution in [2.24, 2.45) is 0 Å². The third-order valence-corrected chi connectivity index (χ3v) is 1.98. The quantitative estimate of drug-likeness (QED) is 0.600. The molecule has 76 valence electrons. The van der Waals surface area contributed by atoms with Crippen molar-refractivity contribution in [1.29, 1.82) is 0 Å². The van der Waals surface area contributed by atoms with Crippen molar-refractivity contribution in [1.82, 2.24) is 5.32 Å². The Morgan fingerprint density at radius 1 is 1.08 bits per heavy atom. The lowest BCUT2D eigenvalue weighted by Crippen LogP contribution is -2.50. The molecule has 0 aromatic heterocycles. The first-order valence-corrected chi connectivity index (χ1v) is 3.83. The minimum absolute atomic E-state index is 0. The maximum atomic E-state index is 10.5. The van der Waals surface area contributed by atoms with Gasteiger partial charge in [0.05, 0.1) is 0 Å². The van der Waals surface area contributed by atoms with Crippen LogP contribution in [0.5, 0.6) is 0 Å². The zero-order chi connectivity index (χ0) is 9.14. The molecule has 0 bridgehead atoms. The summed E-state index contributed by atoms with van der Waals surface area (Å²) in [4.78, 5) is 20.9. The molecule has 1 saturated heterocycles. The Morgan fingerprint density at radius 2 is 1.46 bits per heavy atom. The van der Waals surface area contributed by atoms with Gasteiger partial charge in [0.15, 0.2) is 0 Å². The standard InChI is InChI=1S/C7H11NO4.ClH/c9-6(10)4-2-1-3-5(8-4)7(11)12;/h4-5,8H,1-3H2,(H,9,10)(H,11,12);1H. The molecular weight excluding hydrogens is 198 g/mol. The van der Waals surface area contributed by atoms with Gasteiger partial charge in [0, 0.05) is 0 Å². The smallest absolute Gasteiger partial charge is 0.320 e. The number of halogens is 1. The minimum atomic E-state index is -0.971. The monoisotopic (exact) mass is 209 g/mol. The van der Waals surface area contributed by atoms with Crippen LogP contribution in [0.3, 0.4) is 0 Å². The third kappa shape index (κ3) is 3.20. The van der Waals surface area contributed by atoms with Crippen LogP contribution in [0.15, 0.2) is 0 Å². The summed E-state index contributed by atoms with van der Waals surface area (Å²) in [6.07, 6.45) is 1.68. The van der Waals surface area contributed by atoms with Gasteiger partial charge in [0.1, 0.15) is 12.1 Å². The lowest BCUT2D eigenvalue weighted by Gasteiger charge is -2.25. The molecule has 3 N–H and O–H groups in total. The molecule has 0 saturated carbocycles. The van der Waals surface area contributed by atoms with E-state index in [1.54, 1.807) is 0 Å². The molecule has 1 heterocycles. The van der Waals surface area contributed by atoms with Gasteiger partial charge in [-0.1, -0.05) is 0 Å². The van der Waals surface area contributed by atoms with Crippen LogP contribution in [0.4, 0.5) is 0 Å². The topological polar surface area (TPSA) is 86.6 Å². The van der Waals surface area contributed by atoms with Gasteiger partial charge in [-0.05, 0) is 19.3 Å². The van der Waals surface area contributed by atoms with E-state index in [1.165, 1.54) is 0 Å². The van der Waals surface area contributed by atoms with Gasteiger partial charge < -0.3 is 10.2 Å². The highest BCUT2D eigenvalue weighted by Gasteiger charge is 2.29.